The van der Waals surface area contributed by atoms with E-state index in [1.807, 2.05) is 24.3 Å². The van der Waals surface area contributed by atoms with E-state index in [9.17, 15) is 19.5 Å². The summed E-state index contributed by atoms with van der Waals surface area (Å²) >= 11 is 0. The number of carbonyl (C=O) groups is 3. The average Bonchev–Trinajstić information content (AvgIpc) is 3.00. The van der Waals surface area contributed by atoms with E-state index in [1.165, 1.54) is 44.8 Å². The molecule has 4 rings (SSSR count). The number of likely N-dealkylation sites (tertiary alicyclic amines) is 2. The topological polar surface area (TPSA) is 134 Å². The molecule has 10 heteroatoms. The number of amides is 3. The van der Waals surface area contributed by atoms with Crippen molar-refractivity contribution in [1.82, 2.24) is 20.6 Å². The molecule has 0 radical (unpaired) electrons. The highest BCUT2D eigenvalue weighted by molar-refractivity contribution is 5.97. The van der Waals surface area contributed by atoms with Crippen molar-refractivity contribution in [3.05, 3.63) is 65.2 Å². The van der Waals surface area contributed by atoms with E-state index in [1.54, 1.807) is 24.3 Å². The number of aliphatic hydroxyl groups is 1. The lowest BCUT2D eigenvalue weighted by Crippen LogP contribution is -2.51. The smallest absolute Gasteiger partial charge is 0.268 e. The van der Waals surface area contributed by atoms with Gasteiger partial charge in [0, 0.05) is 41.5 Å². The minimum Gasteiger partial charge on any atom is -0.391 e. The number of nitrogens with one attached hydrogen (secondary N) is 3. The van der Waals surface area contributed by atoms with Crippen LogP contribution in [0.15, 0.2) is 48.5 Å². The van der Waals surface area contributed by atoms with Crippen LogP contribution in [0.1, 0.15) is 60.5 Å². The van der Waals surface area contributed by atoms with Gasteiger partial charge in [0.2, 0.25) is 5.91 Å². The van der Waals surface area contributed by atoms with Gasteiger partial charge in [0.05, 0.1) is 12.6 Å². The Bertz CT molecular complexity index is 1240. The van der Waals surface area contributed by atoms with Crippen molar-refractivity contribution in [2.45, 2.75) is 57.2 Å². The Balaban J connectivity index is 1.23. The predicted octanol–water partition coefficient (Wildman–Crippen LogP) is 1.96. The zero-order chi connectivity index (χ0) is 29.2. The molecular formula is C31H39N5O5. The van der Waals surface area contributed by atoms with Gasteiger partial charge in [-0.25, -0.2) is 5.48 Å². The van der Waals surface area contributed by atoms with Gasteiger partial charge in [0.1, 0.15) is 6.04 Å². The van der Waals surface area contributed by atoms with Crippen LogP contribution < -0.4 is 16.1 Å². The van der Waals surface area contributed by atoms with Crippen LogP contribution in [0.5, 0.6) is 0 Å². The molecule has 2 fully saturated rings. The molecule has 0 bridgehead atoms. The quantitative estimate of drug-likeness (QED) is 0.189. The number of aliphatic hydroxyl groups excluding tert-OH is 1. The summed E-state index contributed by atoms with van der Waals surface area (Å²) in [7, 11) is 0. The fourth-order valence-electron chi connectivity index (χ4n) is 5.32. The Morgan fingerprint density at radius 3 is 2.05 bits per heavy atom. The van der Waals surface area contributed by atoms with Gasteiger partial charge in [0.25, 0.3) is 11.8 Å². The average molecular weight is 562 g/mol. The van der Waals surface area contributed by atoms with Crippen LogP contribution in [0.2, 0.25) is 0 Å². The number of hydroxylamine groups is 1. The van der Waals surface area contributed by atoms with E-state index in [0.29, 0.717) is 18.2 Å². The van der Waals surface area contributed by atoms with Gasteiger partial charge in [-0.1, -0.05) is 18.3 Å². The van der Waals surface area contributed by atoms with E-state index < -0.39 is 24.0 Å². The lowest BCUT2D eigenvalue weighted by atomic mass is 10.00. The summed E-state index contributed by atoms with van der Waals surface area (Å²) in [6.45, 7) is 6.08. The molecule has 2 heterocycles. The second kappa shape index (κ2) is 14.8. The zero-order valence-corrected chi connectivity index (χ0v) is 23.4. The van der Waals surface area contributed by atoms with Gasteiger partial charge in [-0.15, -0.1) is 0 Å². The van der Waals surface area contributed by atoms with Crippen LogP contribution >= 0.6 is 0 Å². The van der Waals surface area contributed by atoms with Crippen LogP contribution in [0, 0.1) is 11.8 Å². The normalized spacial score (nSPS) is 17.9. The molecule has 0 aliphatic carbocycles. The second-order valence-electron chi connectivity index (χ2n) is 10.7. The van der Waals surface area contributed by atoms with Gasteiger partial charge in [-0.2, -0.15) is 0 Å². The minimum atomic E-state index is -1.29. The number of hydrogen-bond acceptors (Lipinski definition) is 7. The third-order valence-corrected chi connectivity index (χ3v) is 7.66. The summed E-state index contributed by atoms with van der Waals surface area (Å²) in [6, 6.07) is 13.2. The highest BCUT2D eigenvalue weighted by atomic mass is 16.5. The van der Waals surface area contributed by atoms with Crippen LogP contribution in [0.4, 0.5) is 5.69 Å². The summed E-state index contributed by atoms with van der Waals surface area (Å²) < 4.78 is 0. The highest BCUT2D eigenvalue weighted by Gasteiger charge is 2.27. The molecular weight excluding hydrogens is 522 g/mol. The molecule has 0 unspecified atom stereocenters. The molecule has 218 valence electrons. The van der Waals surface area contributed by atoms with E-state index >= 15 is 0 Å². The lowest BCUT2D eigenvalue weighted by molar-refractivity contribution is -0.133. The Hall–Kier alpha value is -3.75. The third kappa shape index (κ3) is 8.87. The van der Waals surface area contributed by atoms with Crippen molar-refractivity contribution >= 4 is 23.4 Å². The first-order valence-corrected chi connectivity index (χ1v) is 14.2. The van der Waals surface area contributed by atoms with Gasteiger partial charge < -0.3 is 20.6 Å². The predicted molar refractivity (Wildman–Crippen MR) is 155 cm³/mol. The molecule has 3 amide bonds. The number of nitrogens with zero attached hydrogens (tertiary/aromatic N) is 2. The molecule has 0 spiro atoms. The molecule has 0 aromatic heterocycles. The second-order valence-corrected chi connectivity index (χ2v) is 10.7. The summed E-state index contributed by atoms with van der Waals surface area (Å²) in [6.07, 6.45) is 5.03. The number of benzene rings is 2. The van der Waals surface area contributed by atoms with E-state index in [0.717, 1.165) is 37.2 Å². The Labute approximate surface area is 241 Å². The number of anilines is 1. The number of carbonyl (C=O) groups excluding carboxylic acids is 3. The standard InChI is InChI=1S/C31H39N5O5/c1-22(37)29(31(40)34-41)33-30(39)25-11-7-23(8-12-25)5-6-24-9-13-26(14-10-24)32-28(38)21-35-19-15-27(16-20-35)36-17-3-2-4-18-36/h7-14,22,27,29,37,41H,2-4,15-21H2,1H3,(H,32,38)(H,33,39)(H,34,40)/t22-,29+/m1/s1. The summed E-state index contributed by atoms with van der Waals surface area (Å²) in [4.78, 5) is 41.5. The third-order valence-electron chi connectivity index (χ3n) is 7.66. The first-order valence-electron chi connectivity index (χ1n) is 14.2. The van der Waals surface area contributed by atoms with Crippen molar-refractivity contribution in [2.75, 3.05) is 38.0 Å². The van der Waals surface area contributed by atoms with Crippen molar-refractivity contribution in [2.24, 2.45) is 0 Å². The van der Waals surface area contributed by atoms with Crippen molar-refractivity contribution < 1.29 is 24.7 Å². The molecule has 2 atom stereocenters. The van der Waals surface area contributed by atoms with Gasteiger partial charge >= 0.3 is 0 Å². The molecule has 2 saturated heterocycles. The molecule has 2 aromatic carbocycles. The van der Waals surface area contributed by atoms with Crippen molar-refractivity contribution in [3.8, 4) is 11.8 Å². The Morgan fingerprint density at radius 1 is 0.902 bits per heavy atom. The number of piperidine rings is 2. The fourth-order valence-corrected chi connectivity index (χ4v) is 5.32. The molecule has 2 aliphatic heterocycles. The van der Waals surface area contributed by atoms with Crippen LogP contribution in [-0.2, 0) is 9.59 Å². The first-order chi connectivity index (χ1) is 19.8. The molecule has 10 nitrogen and oxygen atoms in total. The summed E-state index contributed by atoms with van der Waals surface area (Å²) in [5, 5.41) is 23.8. The number of rotatable bonds is 8. The molecule has 41 heavy (non-hydrogen) atoms. The maximum absolute atomic E-state index is 12.6. The summed E-state index contributed by atoms with van der Waals surface area (Å²) in [5.41, 5.74) is 3.89. The van der Waals surface area contributed by atoms with E-state index in [4.69, 9.17) is 5.21 Å². The van der Waals surface area contributed by atoms with Crippen LogP contribution in [-0.4, -0.2) is 88.7 Å². The first kappa shape index (κ1) is 30.2. The Kier molecular flexibility index (Phi) is 10.9. The van der Waals surface area contributed by atoms with Crippen molar-refractivity contribution in [1.29, 1.82) is 0 Å². The van der Waals surface area contributed by atoms with Crippen LogP contribution in [0.25, 0.3) is 0 Å². The summed E-state index contributed by atoms with van der Waals surface area (Å²) in [5.74, 6) is 4.61. The Morgan fingerprint density at radius 2 is 1.49 bits per heavy atom. The van der Waals surface area contributed by atoms with Gasteiger partial charge in [-0.05, 0) is 94.2 Å². The lowest BCUT2D eigenvalue weighted by Gasteiger charge is -2.40. The van der Waals surface area contributed by atoms with Crippen LogP contribution in [0.3, 0.4) is 0 Å². The fraction of sp³-hybridized carbons (Fsp3) is 0.452. The molecule has 0 saturated carbocycles. The van der Waals surface area contributed by atoms with E-state index in [-0.39, 0.29) is 11.5 Å². The maximum atomic E-state index is 12.6. The van der Waals surface area contributed by atoms with E-state index in [2.05, 4.69) is 32.3 Å². The monoisotopic (exact) mass is 561 g/mol. The molecule has 2 aromatic rings. The highest BCUT2D eigenvalue weighted by Crippen LogP contribution is 2.21. The SMILES string of the molecule is C[C@@H](O)[C@H](NC(=O)c1ccc(C#Cc2ccc(NC(=O)CN3CCC(N4CCCCC4)CC3)cc2)cc1)C(=O)NO. The minimum absolute atomic E-state index is 0.0128. The molecule has 5 N–H and O–H groups in total. The maximum Gasteiger partial charge on any atom is 0.268 e. The molecule has 2 aliphatic rings. The van der Waals surface area contributed by atoms with Gasteiger partial charge in [-0.3, -0.25) is 24.5 Å². The van der Waals surface area contributed by atoms with Gasteiger partial charge in [0.15, 0.2) is 0 Å². The zero-order valence-electron chi connectivity index (χ0n) is 23.4. The largest absolute Gasteiger partial charge is 0.391 e. The number of hydrogen-bond donors (Lipinski definition) is 5. The van der Waals surface area contributed by atoms with Crippen molar-refractivity contribution in [3.63, 3.8) is 0 Å².